The van der Waals surface area contributed by atoms with Crippen molar-refractivity contribution in [3.63, 3.8) is 0 Å². The van der Waals surface area contributed by atoms with Crippen LogP contribution in [0.3, 0.4) is 0 Å². The predicted octanol–water partition coefficient (Wildman–Crippen LogP) is 4.66. The van der Waals surface area contributed by atoms with Crippen LogP contribution in [-0.2, 0) is 11.2 Å². The first kappa shape index (κ1) is 16.8. The van der Waals surface area contributed by atoms with E-state index in [1.807, 2.05) is 45.1 Å². The molecule has 0 atom stereocenters. The fraction of sp³-hybridized carbons (Fsp3) is 0.250. The minimum absolute atomic E-state index is 0.0384. The summed E-state index contributed by atoms with van der Waals surface area (Å²) in [5, 5.41) is 0. The molecule has 0 unspecified atom stereocenters. The number of ether oxygens (including phenoxy) is 1. The van der Waals surface area contributed by atoms with Crippen LogP contribution in [0, 0.1) is 0 Å². The summed E-state index contributed by atoms with van der Waals surface area (Å²) < 4.78 is 11.4. The number of fused-ring (bicyclic) bond motifs is 1. The first-order valence-electron chi connectivity index (χ1n) is 7.72. The Morgan fingerprint density at radius 1 is 1.39 bits per heavy atom. The molecule has 0 saturated heterocycles. The molecule has 0 aliphatic heterocycles. The maximum absolute atomic E-state index is 12.8. The SMILES string of the molecule is C=C/C=C\C(=C/C)c1coc2c(c1=O)C=CC(OC(C)C)=CC2. The van der Waals surface area contributed by atoms with Gasteiger partial charge in [0.25, 0.3) is 0 Å². The van der Waals surface area contributed by atoms with Gasteiger partial charge in [-0.1, -0.05) is 30.9 Å². The lowest BCUT2D eigenvalue weighted by Gasteiger charge is -2.09. The van der Waals surface area contributed by atoms with Crippen LogP contribution >= 0.6 is 0 Å². The molecule has 2 rings (SSSR count). The average Bonchev–Trinajstić information content (AvgIpc) is 2.72. The Hall–Kier alpha value is -2.55. The van der Waals surface area contributed by atoms with Crippen molar-refractivity contribution < 1.29 is 9.15 Å². The minimum atomic E-state index is -0.0384. The molecule has 1 aliphatic carbocycles. The van der Waals surface area contributed by atoms with Gasteiger partial charge in [-0.25, -0.2) is 0 Å². The van der Waals surface area contributed by atoms with E-state index in [2.05, 4.69) is 6.58 Å². The summed E-state index contributed by atoms with van der Waals surface area (Å²) in [6.07, 6.45) is 14.9. The molecule has 0 fully saturated rings. The van der Waals surface area contributed by atoms with Crippen molar-refractivity contribution in [3.8, 4) is 0 Å². The van der Waals surface area contributed by atoms with E-state index in [0.717, 1.165) is 11.3 Å². The molecule has 120 valence electrons. The normalized spacial score (nSPS) is 14.6. The highest BCUT2D eigenvalue weighted by Crippen LogP contribution is 2.21. The second-order valence-electron chi connectivity index (χ2n) is 5.46. The second-order valence-corrected chi connectivity index (χ2v) is 5.46. The van der Waals surface area contributed by atoms with Gasteiger partial charge in [-0.15, -0.1) is 0 Å². The summed E-state index contributed by atoms with van der Waals surface area (Å²) in [5.41, 5.74) is 1.89. The fourth-order valence-corrected chi connectivity index (χ4v) is 2.34. The molecule has 1 aromatic rings. The van der Waals surface area contributed by atoms with Crippen LogP contribution in [0.5, 0.6) is 0 Å². The number of rotatable bonds is 5. The van der Waals surface area contributed by atoms with E-state index in [1.165, 1.54) is 6.26 Å². The number of hydrogen-bond acceptors (Lipinski definition) is 3. The maximum Gasteiger partial charge on any atom is 0.200 e. The third-order valence-electron chi connectivity index (χ3n) is 3.42. The third-order valence-corrected chi connectivity index (χ3v) is 3.42. The first-order chi connectivity index (χ1) is 11.1. The molecule has 1 aromatic heterocycles. The predicted molar refractivity (Wildman–Crippen MR) is 95.0 cm³/mol. The van der Waals surface area contributed by atoms with Gasteiger partial charge in [0.05, 0.1) is 17.2 Å². The molecule has 3 heteroatoms. The van der Waals surface area contributed by atoms with Gasteiger partial charge in [0, 0.05) is 6.42 Å². The molecular weight excluding hydrogens is 288 g/mol. The first-order valence-corrected chi connectivity index (χ1v) is 7.72. The summed E-state index contributed by atoms with van der Waals surface area (Å²) in [7, 11) is 0. The van der Waals surface area contributed by atoms with E-state index in [4.69, 9.17) is 9.15 Å². The molecule has 3 nitrogen and oxygen atoms in total. The van der Waals surface area contributed by atoms with Gasteiger partial charge in [0.1, 0.15) is 17.8 Å². The molecule has 0 radical (unpaired) electrons. The van der Waals surface area contributed by atoms with Gasteiger partial charge >= 0.3 is 0 Å². The summed E-state index contributed by atoms with van der Waals surface area (Å²) in [6.45, 7) is 9.48. The van der Waals surface area contributed by atoms with Crippen LogP contribution in [0.15, 0.2) is 64.3 Å². The number of hydrogen-bond donors (Lipinski definition) is 0. The van der Waals surface area contributed by atoms with Crippen molar-refractivity contribution in [1.29, 1.82) is 0 Å². The number of allylic oxidation sites excluding steroid dienone is 7. The van der Waals surface area contributed by atoms with Gasteiger partial charge in [-0.05, 0) is 44.6 Å². The van der Waals surface area contributed by atoms with E-state index >= 15 is 0 Å². The van der Waals surface area contributed by atoms with Gasteiger partial charge < -0.3 is 9.15 Å². The highest BCUT2D eigenvalue weighted by Gasteiger charge is 2.15. The third kappa shape index (κ3) is 4.01. The van der Waals surface area contributed by atoms with Crippen LogP contribution in [-0.4, -0.2) is 6.10 Å². The van der Waals surface area contributed by atoms with Crippen LogP contribution < -0.4 is 5.43 Å². The summed E-state index contributed by atoms with van der Waals surface area (Å²) in [5.74, 6) is 1.41. The lowest BCUT2D eigenvalue weighted by Crippen LogP contribution is -2.12. The van der Waals surface area contributed by atoms with Crippen molar-refractivity contribution >= 4 is 11.6 Å². The minimum Gasteiger partial charge on any atom is -0.491 e. The van der Waals surface area contributed by atoms with Gasteiger partial charge in [-0.3, -0.25) is 4.79 Å². The molecule has 0 N–H and O–H groups in total. The van der Waals surface area contributed by atoms with E-state index in [9.17, 15) is 4.79 Å². The Labute approximate surface area is 137 Å². The Balaban J connectivity index is 2.43. The quantitative estimate of drug-likeness (QED) is 0.742. The lowest BCUT2D eigenvalue weighted by molar-refractivity contribution is 0.157. The Morgan fingerprint density at radius 2 is 2.17 bits per heavy atom. The van der Waals surface area contributed by atoms with Crippen LogP contribution in [0.1, 0.15) is 37.7 Å². The molecule has 0 bridgehead atoms. The summed E-state index contributed by atoms with van der Waals surface area (Å²) >= 11 is 0. The molecule has 23 heavy (non-hydrogen) atoms. The van der Waals surface area contributed by atoms with Gasteiger partial charge in [0.2, 0.25) is 0 Å². The van der Waals surface area contributed by atoms with Crippen molar-refractivity contribution in [2.45, 2.75) is 33.3 Å². The molecular formula is C20H22O3. The van der Waals surface area contributed by atoms with Crippen LogP contribution in [0.4, 0.5) is 0 Å². The highest BCUT2D eigenvalue weighted by molar-refractivity contribution is 5.75. The molecule has 0 saturated carbocycles. The highest BCUT2D eigenvalue weighted by atomic mass is 16.5. The van der Waals surface area contributed by atoms with Crippen LogP contribution in [0.25, 0.3) is 11.6 Å². The van der Waals surface area contributed by atoms with E-state index in [0.29, 0.717) is 23.3 Å². The van der Waals surface area contributed by atoms with E-state index in [1.54, 1.807) is 18.2 Å². The zero-order valence-corrected chi connectivity index (χ0v) is 13.8. The molecule has 0 amide bonds. The topological polar surface area (TPSA) is 39.4 Å². The largest absolute Gasteiger partial charge is 0.491 e. The van der Waals surface area contributed by atoms with Crippen molar-refractivity contribution in [2.24, 2.45) is 0 Å². The molecule has 1 aliphatic rings. The van der Waals surface area contributed by atoms with E-state index in [-0.39, 0.29) is 11.5 Å². The van der Waals surface area contributed by atoms with Crippen LogP contribution in [0.2, 0.25) is 0 Å². The standard InChI is InChI=1S/C20H22O3/c1-5-7-8-15(6-2)18-13-22-19-12-10-16(23-14(3)4)9-11-17(19)20(18)21/h5-11,13-14H,1,12H2,2-4H3/b8-7-,15-6+. The van der Waals surface area contributed by atoms with E-state index < -0.39 is 0 Å². The molecule has 1 heterocycles. The zero-order valence-electron chi connectivity index (χ0n) is 13.8. The van der Waals surface area contributed by atoms with Crippen molar-refractivity contribution in [3.05, 3.63) is 82.2 Å². The van der Waals surface area contributed by atoms with Crippen molar-refractivity contribution in [1.82, 2.24) is 0 Å². The smallest absolute Gasteiger partial charge is 0.200 e. The summed E-state index contributed by atoms with van der Waals surface area (Å²) in [6, 6.07) is 0. The maximum atomic E-state index is 12.8. The Bertz CT molecular complexity index is 756. The lowest BCUT2D eigenvalue weighted by atomic mass is 10.0. The van der Waals surface area contributed by atoms with Gasteiger partial charge in [0.15, 0.2) is 5.43 Å². The summed E-state index contributed by atoms with van der Waals surface area (Å²) in [4.78, 5) is 12.8. The molecule has 0 spiro atoms. The average molecular weight is 310 g/mol. The van der Waals surface area contributed by atoms with Crippen molar-refractivity contribution in [2.75, 3.05) is 0 Å². The Kier molecular flexibility index (Phi) is 5.58. The Morgan fingerprint density at radius 3 is 2.83 bits per heavy atom. The monoisotopic (exact) mass is 310 g/mol. The molecule has 0 aromatic carbocycles. The fourth-order valence-electron chi connectivity index (χ4n) is 2.34. The van der Waals surface area contributed by atoms with Gasteiger partial charge in [-0.2, -0.15) is 0 Å². The zero-order chi connectivity index (χ0) is 16.8. The second kappa shape index (κ2) is 7.63.